The van der Waals surface area contributed by atoms with Crippen LogP contribution < -0.4 is 4.74 Å². The Labute approximate surface area is 129 Å². The molecule has 0 fully saturated rings. The van der Waals surface area contributed by atoms with Gasteiger partial charge in [0.25, 0.3) is 5.91 Å². The molecule has 2 aromatic carbocycles. The molecule has 1 heterocycles. The first-order chi connectivity index (χ1) is 10.8. The lowest BCUT2D eigenvalue weighted by atomic mass is 10.2. The van der Waals surface area contributed by atoms with E-state index in [1.54, 1.807) is 6.20 Å². The number of fused-ring (bicyclic) bond motifs is 1. The molecular formula is C17H12F3NO2. The molecule has 23 heavy (non-hydrogen) atoms. The van der Waals surface area contributed by atoms with Crippen molar-refractivity contribution in [2.45, 2.75) is 13.3 Å². The van der Waals surface area contributed by atoms with Crippen molar-refractivity contribution >= 4 is 16.8 Å². The Bertz CT molecular complexity index is 864. The number of ether oxygens (including phenoxy) is 1. The van der Waals surface area contributed by atoms with Crippen LogP contribution in [0, 0.1) is 6.92 Å². The molecule has 3 rings (SSSR count). The molecular weight excluding hydrogens is 307 g/mol. The molecule has 0 saturated carbocycles. The van der Waals surface area contributed by atoms with E-state index in [4.69, 9.17) is 0 Å². The van der Waals surface area contributed by atoms with Gasteiger partial charge in [-0.05, 0) is 42.8 Å². The summed E-state index contributed by atoms with van der Waals surface area (Å²) in [5, 5.41) is 0.956. The maximum Gasteiger partial charge on any atom is 0.573 e. The maximum absolute atomic E-state index is 12.6. The van der Waals surface area contributed by atoms with E-state index in [0.717, 1.165) is 28.6 Å². The predicted octanol–water partition coefficient (Wildman–Crippen LogP) is 4.54. The topological polar surface area (TPSA) is 31.2 Å². The van der Waals surface area contributed by atoms with Crippen LogP contribution in [-0.4, -0.2) is 16.8 Å². The van der Waals surface area contributed by atoms with Crippen LogP contribution in [0.15, 0.2) is 54.7 Å². The highest BCUT2D eigenvalue weighted by atomic mass is 19.4. The molecule has 0 unspecified atom stereocenters. The number of rotatable bonds is 2. The lowest BCUT2D eigenvalue weighted by Gasteiger charge is -2.09. The second kappa shape index (κ2) is 5.46. The summed E-state index contributed by atoms with van der Waals surface area (Å²) < 4.78 is 41.7. The zero-order valence-corrected chi connectivity index (χ0v) is 12.1. The molecule has 0 radical (unpaired) electrons. The lowest BCUT2D eigenvalue weighted by Crippen LogP contribution is -2.17. The van der Waals surface area contributed by atoms with Gasteiger partial charge in [0.2, 0.25) is 0 Å². The third-order valence-corrected chi connectivity index (χ3v) is 3.46. The molecule has 1 aromatic heterocycles. The van der Waals surface area contributed by atoms with Crippen LogP contribution in [-0.2, 0) is 0 Å². The SMILES string of the molecule is Cc1cn(C(=O)c2ccc(OC(F)(F)F)cc2)c2ccccc12. The Kier molecular flexibility index (Phi) is 3.60. The van der Waals surface area contributed by atoms with E-state index in [-0.39, 0.29) is 17.2 Å². The number of aryl methyl sites for hydroxylation is 1. The second-order valence-corrected chi connectivity index (χ2v) is 5.08. The van der Waals surface area contributed by atoms with E-state index in [2.05, 4.69) is 4.74 Å². The molecule has 0 aliphatic rings. The second-order valence-electron chi connectivity index (χ2n) is 5.08. The molecule has 3 nitrogen and oxygen atoms in total. The molecule has 0 spiro atoms. The van der Waals surface area contributed by atoms with Gasteiger partial charge in [0.15, 0.2) is 0 Å². The summed E-state index contributed by atoms with van der Waals surface area (Å²) in [4.78, 5) is 12.6. The normalized spacial score (nSPS) is 11.7. The van der Waals surface area contributed by atoms with Gasteiger partial charge in [-0.15, -0.1) is 13.2 Å². The summed E-state index contributed by atoms with van der Waals surface area (Å²) in [7, 11) is 0. The summed E-state index contributed by atoms with van der Waals surface area (Å²) in [6.07, 6.45) is -3.04. The van der Waals surface area contributed by atoms with Gasteiger partial charge in [-0.25, -0.2) is 0 Å². The number of carbonyl (C=O) groups is 1. The van der Waals surface area contributed by atoms with Crippen LogP contribution in [0.4, 0.5) is 13.2 Å². The minimum atomic E-state index is -4.75. The van der Waals surface area contributed by atoms with Crippen molar-refractivity contribution in [3.63, 3.8) is 0 Å². The largest absolute Gasteiger partial charge is 0.573 e. The van der Waals surface area contributed by atoms with Gasteiger partial charge in [-0.3, -0.25) is 9.36 Å². The van der Waals surface area contributed by atoms with Crippen LogP contribution in [0.1, 0.15) is 15.9 Å². The quantitative estimate of drug-likeness (QED) is 0.694. The van der Waals surface area contributed by atoms with Gasteiger partial charge >= 0.3 is 6.36 Å². The number of alkyl halides is 3. The van der Waals surface area contributed by atoms with Crippen LogP contribution in [0.2, 0.25) is 0 Å². The summed E-state index contributed by atoms with van der Waals surface area (Å²) in [5.74, 6) is -0.671. The number of para-hydroxylation sites is 1. The van der Waals surface area contributed by atoms with Gasteiger partial charge in [0, 0.05) is 17.1 Å². The van der Waals surface area contributed by atoms with Crippen LogP contribution in [0.3, 0.4) is 0 Å². The van der Waals surface area contributed by atoms with Crippen molar-refractivity contribution in [1.82, 2.24) is 4.57 Å². The summed E-state index contributed by atoms with van der Waals surface area (Å²) in [6, 6.07) is 12.3. The van der Waals surface area contributed by atoms with Crippen LogP contribution in [0.25, 0.3) is 10.9 Å². The zero-order valence-electron chi connectivity index (χ0n) is 12.1. The Hall–Kier alpha value is -2.76. The Morgan fingerprint density at radius 1 is 1.04 bits per heavy atom. The fourth-order valence-electron chi connectivity index (χ4n) is 2.46. The number of nitrogens with zero attached hydrogens (tertiary/aromatic N) is 1. The van der Waals surface area contributed by atoms with Gasteiger partial charge in [-0.1, -0.05) is 18.2 Å². The van der Waals surface area contributed by atoms with E-state index in [0.29, 0.717) is 0 Å². The number of hydrogen-bond acceptors (Lipinski definition) is 2. The van der Waals surface area contributed by atoms with E-state index >= 15 is 0 Å². The highest BCUT2D eigenvalue weighted by molar-refractivity contribution is 6.02. The number of halogens is 3. The average Bonchev–Trinajstić information content (AvgIpc) is 2.83. The lowest BCUT2D eigenvalue weighted by molar-refractivity contribution is -0.274. The monoisotopic (exact) mass is 319 g/mol. The van der Waals surface area contributed by atoms with Crippen LogP contribution >= 0.6 is 0 Å². The fraction of sp³-hybridized carbons (Fsp3) is 0.118. The molecule has 6 heteroatoms. The molecule has 0 saturated heterocycles. The molecule has 118 valence electrons. The number of aromatic nitrogens is 1. The smallest absolute Gasteiger partial charge is 0.406 e. The molecule has 0 bridgehead atoms. The Morgan fingerprint density at radius 2 is 1.70 bits per heavy atom. The van der Waals surface area contributed by atoms with Crippen molar-refractivity contribution in [2.75, 3.05) is 0 Å². The summed E-state index contributed by atoms with van der Waals surface area (Å²) in [6.45, 7) is 1.90. The highest BCUT2D eigenvalue weighted by Gasteiger charge is 2.31. The first kappa shape index (κ1) is 15.1. The van der Waals surface area contributed by atoms with E-state index in [1.165, 1.54) is 16.7 Å². The average molecular weight is 319 g/mol. The minimum Gasteiger partial charge on any atom is -0.406 e. The Morgan fingerprint density at radius 3 is 2.35 bits per heavy atom. The number of benzene rings is 2. The van der Waals surface area contributed by atoms with E-state index in [1.807, 2.05) is 31.2 Å². The molecule has 3 aromatic rings. The zero-order chi connectivity index (χ0) is 16.6. The Balaban J connectivity index is 1.93. The number of hydrogen-bond donors (Lipinski definition) is 0. The van der Waals surface area contributed by atoms with Crippen LogP contribution in [0.5, 0.6) is 5.75 Å². The minimum absolute atomic E-state index is 0.278. The van der Waals surface area contributed by atoms with Crippen molar-refractivity contribution in [3.05, 3.63) is 65.9 Å². The van der Waals surface area contributed by atoms with Gasteiger partial charge < -0.3 is 4.74 Å². The molecule has 0 atom stereocenters. The van der Waals surface area contributed by atoms with Gasteiger partial charge in [0.1, 0.15) is 5.75 Å². The van der Waals surface area contributed by atoms with Crippen molar-refractivity contribution in [3.8, 4) is 5.75 Å². The molecule has 0 aliphatic heterocycles. The standard InChI is InChI=1S/C17H12F3NO2/c1-11-10-21(15-5-3-2-4-14(11)15)16(22)12-6-8-13(9-7-12)23-17(18,19)20/h2-10H,1H3. The molecule has 0 N–H and O–H groups in total. The van der Waals surface area contributed by atoms with Gasteiger partial charge in [-0.2, -0.15) is 0 Å². The number of carbonyl (C=O) groups excluding carboxylic acids is 1. The predicted molar refractivity (Wildman–Crippen MR) is 79.5 cm³/mol. The van der Waals surface area contributed by atoms with Crippen molar-refractivity contribution in [2.24, 2.45) is 0 Å². The first-order valence-electron chi connectivity index (χ1n) is 6.82. The summed E-state index contributed by atoms with van der Waals surface area (Å²) in [5.41, 5.74) is 1.98. The van der Waals surface area contributed by atoms with Crippen molar-refractivity contribution < 1.29 is 22.7 Å². The molecule has 0 amide bonds. The summed E-state index contributed by atoms with van der Waals surface area (Å²) >= 11 is 0. The third kappa shape index (κ3) is 3.06. The highest BCUT2D eigenvalue weighted by Crippen LogP contribution is 2.24. The maximum atomic E-state index is 12.6. The van der Waals surface area contributed by atoms with E-state index < -0.39 is 6.36 Å². The fourth-order valence-corrected chi connectivity index (χ4v) is 2.46. The van der Waals surface area contributed by atoms with Gasteiger partial charge in [0.05, 0.1) is 5.52 Å². The molecule has 0 aliphatic carbocycles. The van der Waals surface area contributed by atoms with Crippen molar-refractivity contribution in [1.29, 1.82) is 0 Å². The third-order valence-electron chi connectivity index (χ3n) is 3.46. The van der Waals surface area contributed by atoms with E-state index in [9.17, 15) is 18.0 Å². The first-order valence-corrected chi connectivity index (χ1v) is 6.82.